The van der Waals surface area contributed by atoms with Crippen LogP contribution in [0.5, 0.6) is 0 Å². The van der Waals surface area contributed by atoms with Crippen molar-refractivity contribution < 1.29 is 4.79 Å². The number of benzene rings is 2. The average molecular weight is 343 g/mol. The standard InChI is InChI=1S/C20H17N5O/c1-25-17-10-6-5-9-15(17)23-19(25)18(14-7-3-2-4-8-14)24-20(26)16-13-21-11-12-22-16/h2-13,18H,1H3,(H,24,26)/t18-/m0/s1. The van der Waals surface area contributed by atoms with Gasteiger partial charge in [-0.15, -0.1) is 0 Å². The van der Waals surface area contributed by atoms with E-state index >= 15 is 0 Å². The van der Waals surface area contributed by atoms with Gasteiger partial charge in [0.1, 0.15) is 17.6 Å². The van der Waals surface area contributed by atoms with E-state index in [1.165, 1.54) is 18.6 Å². The second kappa shape index (κ2) is 6.76. The Balaban J connectivity index is 1.78. The maximum Gasteiger partial charge on any atom is 0.272 e. The van der Waals surface area contributed by atoms with Crippen molar-refractivity contribution in [1.29, 1.82) is 0 Å². The van der Waals surface area contributed by atoms with E-state index in [1.54, 1.807) is 0 Å². The molecule has 1 amide bonds. The fourth-order valence-electron chi connectivity index (χ4n) is 2.99. The molecule has 128 valence electrons. The van der Waals surface area contributed by atoms with Gasteiger partial charge in [0.15, 0.2) is 0 Å². The summed E-state index contributed by atoms with van der Waals surface area (Å²) in [6.45, 7) is 0. The quantitative estimate of drug-likeness (QED) is 0.618. The van der Waals surface area contributed by atoms with E-state index in [0.717, 1.165) is 22.4 Å². The van der Waals surface area contributed by atoms with E-state index in [1.807, 2.05) is 66.2 Å². The number of aryl methyl sites for hydroxylation is 1. The number of nitrogens with zero attached hydrogens (tertiary/aromatic N) is 4. The molecule has 0 unspecified atom stereocenters. The Labute approximate surface area is 150 Å². The van der Waals surface area contributed by atoms with Crippen LogP contribution in [0.25, 0.3) is 11.0 Å². The molecule has 1 atom stereocenters. The van der Waals surface area contributed by atoms with E-state index in [0.29, 0.717) is 0 Å². The van der Waals surface area contributed by atoms with Crippen molar-refractivity contribution in [2.24, 2.45) is 7.05 Å². The molecule has 4 rings (SSSR count). The number of rotatable bonds is 4. The summed E-state index contributed by atoms with van der Waals surface area (Å²) in [7, 11) is 1.95. The molecule has 0 bridgehead atoms. The van der Waals surface area contributed by atoms with Gasteiger partial charge in [0.25, 0.3) is 5.91 Å². The predicted octanol–water partition coefficient (Wildman–Crippen LogP) is 2.88. The maximum absolute atomic E-state index is 12.7. The molecule has 0 radical (unpaired) electrons. The van der Waals surface area contributed by atoms with Crippen LogP contribution in [0, 0.1) is 0 Å². The zero-order chi connectivity index (χ0) is 17.9. The third-order valence-electron chi connectivity index (χ3n) is 4.28. The molecule has 0 aliphatic rings. The largest absolute Gasteiger partial charge is 0.337 e. The maximum atomic E-state index is 12.7. The van der Waals surface area contributed by atoms with Gasteiger partial charge >= 0.3 is 0 Å². The van der Waals surface area contributed by atoms with Crippen molar-refractivity contribution in [2.45, 2.75) is 6.04 Å². The Kier molecular flexibility index (Phi) is 4.15. The van der Waals surface area contributed by atoms with Gasteiger partial charge in [0.2, 0.25) is 0 Å². The molecule has 0 saturated carbocycles. The number of para-hydroxylation sites is 2. The lowest BCUT2D eigenvalue weighted by molar-refractivity contribution is 0.0935. The first kappa shape index (κ1) is 16.0. The number of amides is 1. The summed E-state index contributed by atoms with van der Waals surface area (Å²) in [4.78, 5) is 25.5. The molecule has 4 aromatic rings. The highest BCUT2D eigenvalue weighted by Gasteiger charge is 2.23. The Morgan fingerprint density at radius 1 is 1.04 bits per heavy atom. The molecule has 26 heavy (non-hydrogen) atoms. The van der Waals surface area contributed by atoms with E-state index < -0.39 is 6.04 Å². The molecule has 0 aliphatic heterocycles. The van der Waals surface area contributed by atoms with Crippen LogP contribution in [0.3, 0.4) is 0 Å². The number of nitrogens with one attached hydrogen (secondary N) is 1. The van der Waals surface area contributed by atoms with Gasteiger partial charge in [0.05, 0.1) is 17.2 Å². The highest BCUT2D eigenvalue weighted by molar-refractivity contribution is 5.92. The fraction of sp³-hybridized carbons (Fsp3) is 0.100. The highest BCUT2D eigenvalue weighted by Crippen LogP contribution is 2.25. The normalized spacial score (nSPS) is 12.0. The third-order valence-corrected chi connectivity index (χ3v) is 4.28. The van der Waals surface area contributed by atoms with Crippen LogP contribution in [0.4, 0.5) is 0 Å². The summed E-state index contributed by atoms with van der Waals surface area (Å²) in [5.41, 5.74) is 3.12. The minimum absolute atomic E-state index is 0.271. The van der Waals surface area contributed by atoms with Crippen LogP contribution in [0.1, 0.15) is 27.9 Å². The van der Waals surface area contributed by atoms with E-state index in [4.69, 9.17) is 4.98 Å². The Morgan fingerprint density at radius 3 is 2.54 bits per heavy atom. The van der Waals surface area contributed by atoms with Crippen molar-refractivity contribution in [3.05, 3.63) is 90.3 Å². The first-order chi connectivity index (χ1) is 12.7. The van der Waals surface area contributed by atoms with Gasteiger partial charge in [-0.2, -0.15) is 0 Å². The van der Waals surface area contributed by atoms with Gasteiger partial charge in [0, 0.05) is 19.4 Å². The summed E-state index contributed by atoms with van der Waals surface area (Å²) >= 11 is 0. The van der Waals surface area contributed by atoms with E-state index in [-0.39, 0.29) is 11.6 Å². The summed E-state index contributed by atoms with van der Waals surface area (Å²) in [5, 5.41) is 3.04. The van der Waals surface area contributed by atoms with Crippen LogP contribution < -0.4 is 5.32 Å². The van der Waals surface area contributed by atoms with Crippen LogP contribution >= 0.6 is 0 Å². The zero-order valence-electron chi connectivity index (χ0n) is 14.2. The Bertz CT molecular complexity index is 1040. The second-order valence-electron chi connectivity index (χ2n) is 5.93. The third kappa shape index (κ3) is 2.93. The number of fused-ring (bicyclic) bond motifs is 1. The number of imidazole rings is 1. The molecular weight excluding hydrogens is 326 g/mol. The van der Waals surface area contributed by atoms with Gasteiger partial charge in [-0.3, -0.25) is 9.78 Å². The summed E-state index contributed by atoms with van der Waals surface area (Å²) in [5.74, 6) is 0.466. The topological polar surface area (TPSA) is 72.7 Å². The zero-order valence-corrected chi connectivity index (χ0v) is 14.2. The molecule has 6 nitrogen and oxygen atoms in total. The minimum Gasteiger partial charge on any atom is -0.337 e. The lowest BCUT2D eigenvalue weighted by atomic mass is 10.1. The smallest absolute Gasteiger partial charge is 0.272 e. The second-order valence-corrected chi connectivity index (χ2v) is 5.93. The number of carbonyl (C=O) groups is 1. The summed E-state index contributed by atoms with van der Waals surface area (Å²) in [6, 6.07) is 17.3. The molecule has 0 aliphatic carbocycles. The molecule has 2 aromatic carbocycles. The number of hydrogen-bond acceptors (Lipinski definition) is 4. The van der Waals surface area contributed by atoms with E-state index in [9.17, 15) is 4.79 Å². The van der Waals surface area contributed by atoms with Crippen LogP contribution in [0.15, 0.2) is 73.2 Å². The molecule has 6 heteroatoms. The monoisotopic (exact) mass is 343 g/mol. The van der Waals surface area contributed by atoms with Crippen molar-refractivity contribution in [1.82, 2.24) is 24.8 Å². The number of carbonyl (C=O) groups excluding carboxylic acids is 1. The van der Waals surface area contributed by atoms with Crippen LogP contribution in [-0.4, -0.2) is 25.4 Å². The summed E-state index contributed by atoms with van der Waals surface area (Å²) in [6.07, 6.45) is 4.49. The molecule has 2 heterocycles. The molecule has 1 N–H and O–H groups in total. The van der Waals surface area contributed by atoms with Crippen molar-refractivity contribution in [3.63, 3.8) is 0 Å². The highest BCUT2D eigenvalue weighted by atomic mass is 16.2. The average Bonchev–Trinajstić information content (AvgIpc) is 3.04. The Morgan fingerprint density at radius 2 is 1.81 bits per heavy atom. The van der Waals surface area contributed by atoms with Crippen molar-refractivity contribution in [2.75, 3.05) is 0 Å². The lowest BCUT2D eigenvalue weighted by Crippen LogP contribution is -2.31. The van der Waals surface area contributed by atoms with Gasteiger partial charge in [-0.25, -0.2) is 9.97 Å². The van der Waals surface area contributed by atoms with Gasteiger partial charge in [-0.1, -0.05) is 42.5 Å². The van der Waals surface area contributed by atoms with Crippen LogP contribution in [0.2, 0.25) is 0 Å². The first-order valence-corrected chi connectivity index (χ1v) is 8.27. The molecule has 2 aromatic heterocycles. The molecular formula is C20H17N5O. The predicted molar refractivity (Wildman–Crippen MR) is 98.5 cm³/mol. The molecule has 0 fully saturated rings. The summed E-state index contributed by atoms with van der Waals surface area (Å²) < 4.78 is 2.00. The van der Waals surface area contributed by atoms with Gasteiger partial charge < -0.3 is 9.88 Å². The SMILES string of the molecule is Cn1c([C@@H](NC(=O)c2cnccn2)c2ccccc2)nc2ccccc21. The minimum atomic E-state index is -0.400. The number of aromatic nitrogens is 4. The van der Waals surface area contributed by atoms with Crippen molar-refractivity contribution >= 4 is 16.9 Å². The molecule has 0 saturated heterocycles. The molecule has 0 spiro atoms. The Hall–Kier alpha value is -3.54. The fourth-order valence-corrected chi connectivity index (χ4v) is 2.99. The van der Waals surface area contributed by atoms with Gasteiger partial charge in [-0.05, 0) is 17.7 Å². The van der Waals surface area contributed by atoms with Crippen LogP contribution in [-0.2, 0) is 7.05 Å². The van der Waals surface area contributed by atoms with E-state index in [2.05, 4.69) is 15.3 Å². The van der Waals surface area contributed by atoms with Crippen molar-refractivity contribution in [3.8, 4) is 0 Å². The lowest BCUT2D eigenvalue weighted by Gasteiger charge is -2.19. The first-order valence-electron chi connectivity index (χ1n) is 8.27. The number of hydrogen-bond donors (Lipinski definition) is 1.